The van der Waals surface area contributed by atoms with Gasteiger partial charge in [-0.25, -0.2) is 0 Å². The number of carbonyl (C=O) groups is 2. The molecule has 0 bridgehead atoms. The number of morpholine rings is 1. The SMILES string of the molecule is CC1(C)[C@H](C(=O)O)[C@@H]1C(=O)Nc1ccc(CN2CCOCC2)c(Cl)c1. The number of carbonyl (C=O) groups excluding carboxylic acids is 1. The molecule has 1 saturated heterocycles. The van der Waals surface area contributed by atoms with Gasteiger partial charge in [0.2, 0.25) is 5.91 Å². The zero-order valence-corrected chi connectivity index (χ0v) is 15.2. The average Bonchev–Trinajstić information content (AvgIpc) is 3.14. The van der Waals surface area contributed by atoms with E-state index in [0.29, 0.717) is 10.7 Å². The van der Waals surface area contributed by atoms with Crippen LogP contribution in [0.25, 0.3) is 0 Å². The number of hydrogen-bond donors (Lipinski definition) is 2. The van der Waals surface area contributed by atoms with Crippen LogP contribution >= 0.6 is 11.6 Å². The summed E-state index contributed by atoms with van der Waals surface area (Å²) in [5.41, 5.74) is 1.07. The second kappa shape index (κ2) is 6.94. The summed E-state index contributed by atoms with van der Waals surface area (Å²) in [7, 11) is 0. The summed E-state index contributed by atoms with van der Waals surface area (Å²) in [5.74, 6) is -2.35. The smallest absolute Gasteiger partial charge is 0.307 e. The highest BCUT2D eigenvalue weighted by molar-refractivity contribution is 6.31. The number of carboxylic acids is 1. The molecule has 1 amide bonds. The van der Waals surface area contributed by atoms with Crippen LogP contribution in [0.1, 0.15) is 19.4 Å². The highest BCUT2D eigenvalue weighted by Gasteiger charge is 2.65. The molecule has 0 unspecified atom stereocenters. The van der Waals surface area contributed by atoms with Gasteiger partial charge in [0.1, 0.15) is 0 Å². The van der Waals surface area contributed by atoms with Crippen molar-refractivity contribution in [1.82, 2.24) is 4.90 Å². The van der Waals surface area contributed by atoms with E-state index in [2.05, 4.69) is 10.2 Å². The van der Waals surface area contributed by atoms with Gasteiger partial charge in [-0.2, -0.15) is 0 Å². The fourth-order valence-corrected chi connectivity index (χ4v) is 3.80. The average molecular weight is 367 g/mol. The fraction of sp³-hybridized carbons (Fsp3) is 0.556. The van der Waals surface area contributed by atoms with Crippen LogP contribution in [0.3, 0.4) is 0 Å². The Morgan fingerprint density at radius 1 is 1.32 bits per heavy atom. The summed E-state index contributed by atoms with van der Waals surface area (Å²) in [6.45, 7) is 7.56. The van der Waals surface area contributed by atoms with Crippen LogP contribution < -0.4 is 5.32 Å². The maximum Gasteiger partial charge on any atom is 0.307 e. The topological polar surface area (TPSA) is 78.9 Å². The molecular formula is C18H23ClN2O4. The van der Waals surface area contributed by atoms with Crippen LogP contribution in [-0.2, 0) is 20.9 Å². The minimum atomic E-state index is -0.927. The molecule has 2 aliphatic rings. The van der Waals surface area contributed by atoms with Gasteiger partial charge in [-0.05, 0) is 23.1 Å². The molecule has 0 radical (unpaired) electrons. The molecule has 7 heteroatoms. The van der Waals surface area contributed by atoms with E-state index >= 15 is 0 Å². The molecule has 136 valence electrons. The number of nitrogens with one attached hydrogen (secondary N) is 1. The first-order valence-corrected chi connectivity index (χ1v) is 8.80. The second-order valence-electron chi connectivity index (χ2n) is 7.30. The summed E-state index contributed by atoms with van der Waals surface area (Å²) < 4.78 is 5.34. The van der Waals surface area contributed by atoms with Crippen molar-refractivity contribution in [3.8, 4) is 0 Å². The molecular weight excluding hydrogens is 344 g/mol. The Labute approximate surface area is 152 Å². The highest BCUT2D eigenvalue weighted by atomic mass is 35.5. The van der Waals surface area contributed by atoms with E-state index in [-0.39, 0.29) is 5.91 Å². The number of ether oxygens (including phenoxy) is 1. The number of anilines is 1. The molecule has 6 nitrogen and oxygen atoms in total. The molecule has 2 fully saturated rings. The number of halogens is 1. The quantitative estimate of drug-likeness (QED) is 0.836. The van der Waals surface area contributed by atoms with Crippen molar-refractivity contribution in [2.75, 3.05) is 31.6 Å². The first kappa shape index (κ1) is 18.2. The van der Waals surface area contributed by atoms with Gasteiger partial charge in [0.25, 0.3) is 0 Å². The number of hydrogen-bond acceptors (Lipinski definition) is 4. The first-order valence-electron chi connectivity index (χ1n) is 8.43. The molecule has 1 aromatic rings. The molecule has 0 spiro atoms. The lowest BCUT2D eigenvalue weighted by atomic mass is 10.1. The van der Waals surface area contributed by atoms with Crippen LogP contribution in [0.5, 0.6) is 0 Å². The van der Waals surface area contributed by atoms with Crippen LogP contribution in [0, 0.1) is 17.3 Å². The van der Waals surface area contributed by atoms with E-state index in [0.717, 1.165) is 38.4 Å². The summed E-state index contributed by atoms with van der Waals surface area (Å²) >= 11 is 6.36. The molecule has 2 atom stereocenters. The Bertz CT molecular complexity index is 686. The van der Waals surface area contributed by atoms with Gasteiger partial charge in [0.15, 0.2) is 0 Å². The van der Waals surface area contributed by atoms with E-state index in [9.17, 15) is 14.7 Å². The van der Waals surface area contributed by atoms with E-state index in [1.54, 1.807) is 19.9 Å². The lowest BCUT2D eigenvalue weighted by Crippen LogP contribution is -2.35. The van der Waals surface area contributed by atoms with Gasteiger partial charge in [0.05, 0.1) is 25.0 Å². The fourth-order valence-electron chi connectivity index (χ4n) is 3.56. The lowest BCUT2D eigenvalue weighted by Gasteiger charge is -2.27. The Balaban J connectivity index is 1.63. The Kier molecular flexibility index (Phi) is 5.04. The van der Waals surface area contributed by atoms with Gasteiger partial charge in [0, 0.05) is 30.3 Å². The van der Waals surface area contributed by atoms with Crippen molar-refractivity contribution in [1.29, 1.82) is 0 Å². The summed E-state index contributed by atoms with van der Waals surface area (Å²) in [6, 6.07) is 5.44. The molecule has 2 N–H and O–H groups in total. The monoisotopic (exact) mass is 366 g/mol. The van der Waals surface area contributed by atoms with Gasteiger partial charge >= 0.3 is 5.97 Å². The molecule has 3 rings (SSSR count). The summed E-state index contributed by atoms with van der Waals surface area (Å²) in [5, 5.41) is 12.6. The van der Waals surface area contributed by atoms with Gasteiger partial charge in [-0.3, -0.25) is 14.5 Å². The Morgan fingerprint density at radius 2 is 2.00 bits per heavy atom. The second-order valence-corrected chi connectivity index (χ2v) is 7.71. The van der Waals surface area contributed by atoms with Crippen LogP contribution in [-0.4, -0.2) is 48.2 Å². The standard InChI is InChI=1S/C18H23ClN2O4/c1-18(2)14(15(18)17(23)24)16(22)20-12-4-3-11(13(19)9-12)10-21-5-7-25-8-6-21/h3-4,9,14-15H,5-8,10H2,1-2H3,(H,20,22)(H,23,24)/t14-,15+/m1/s1. The van der Waals surface area contributed by atoms with Gasteiger partial charge in [-0.15, -0.1) is 0 Å². The lowest BCUT2D eigenvalue weighted by molar-refractivity contribution is -0.140. The molecule has 1 saturated carbocycles. The van der Waals surface area contributed by atoms with Crippen LogP contribution in [0.4, 0.5) is 5.69 Å². The van der Waals surface area contributed by atoms with Crippen molar-refractivity contribution >= 4 is 29.2 Å². The largest absolute Gasteiger partial charge is 0.481 e. The van der Waals surface area contributed by atoms with Gasteiger partial charge in [-0.1, -0.05) is 31.5 Å². The van der Waals surface area contributed by atoms with Crippen molar-refractivity contribution in [2.24, 2.45) is 17.3 Å². The molecule has 25 heavy (non-hydrogen) atoms. The third-order valence-corrected chi connectivity index (χ3v) is 5.55. The molecule has 1 aliphatic carbocycles. The summed E-state index contributed by atoms with van der Waals surface area (Å²) in [4.78, 5) is 25.9. The van der Waals surface area contributed by atoms with E-state index in [4.69, 9.17) is 16.3 Å². The van der Waals surface area contributed by atoms with Crippen molar-refractivity contribution in [3.05, 3.63) is 28.8 Å². The van der Waals surface area contributed by atoms with Gasteiger partial charge < -0.3 is 15.2 Å². The Hall–Kier alpha value is -1.63. The number of rotatable bonds is 5. The van der Waals surface area contributed by atoms with Crippen LogP contribution in [0.2, 0.25) is 5.02 Å². The van der Waals surface area contributed by atoms with Crippen molar-refractivity contribution in [2.45, 2.75) is 20.4 Å². The van der Waals surface area contributed by atoms with Crippen molar-refractivity contribution in [3.63, 3.8) is 0 Å². The first-order chi connectivity index (χ1) is 11.8. The maximum absolute atomic E-state index is 12.4. The third kappa shape index (κ3) is 3.81. The summed E-state index contributed by atoms with van der Waals surface area (Å²) in [6.07, 6.45) is 0. The van der Waals surface area contributed by atoms with E-state index in [1.807, 2.05) is 12.1 Å². The predicted octanol–water partition coefficient (Wildman–Crippen LogP) is 2.47. The zero-order chi connectivity index (χ0) is 18.2. The molecule has 1 aromatic carbocycles. The molecule has 1 heterocycles. The number of benzene rings is 1. The normalized spacial score (nSPS) is 25.4. The van der Waals surface area contributed by atoms with Crippen molar-refractivity contribution < 1.29 is 19.4 Å². The molecule has 1 aliphatic heterocycles. The maximum atomic E-state index is 12.4. The number of nitrogens with zero attached hydrogens (tertiary/aromatic N) is 1. The zero-order valence-electron chi connectivity index (χ0n) is 14.4. The number of carboxylic acid groups (broad SMARTS) is 1. The minimum absolute atomic E-state index is 0.269. The number of aliphatic carboxylic acids is 1. The third-order valence-electron chi connectivity index (χ3n) is 5.19. The van der Waals surface area contributed by atoms with Crippen LogP contribution in [0.15, 0.2) is 18.2 Å². The minimum Gasteiger partial charge on any atom is -0.481 e. The number of amides is 1. The van der Waals surface area contributed by atoms with E-state index < -0.39 is 23.2 Å². The van der Waals surface area contributed by atoms with E-state index in [1.165, 1.54) is 0 Å². The molecule has 0 aromatic heterocycles. The predicted molar refractivity (Wildman–Crippen MR) is 94.6 cm³/mol. The highest BCUT2D eigenvalue weighted by Crippen LogP contribution is 2.58. The Morgan fingerprint density at radius 3 is 2.56 bits per heavy atom.